The molecule has 0 aliphatic heterocycles. The van der Waals surface area contributed by atoms with Crippen LogP contribution in [0.1, 0.15) is 23.1 Å². The Bertz CT molecular complexity index is 845. The number of aromatic nitrogens is 3. The molecule has 0 aliphatic rings. The third-order valence-electron chi connectivity index (χ3n) is 3.44. The van der Waals surface area contributed by atoms with Gasteiger partial charge < -0.3 is 15.0 Å². The third kappa shape index (κ3) is 3.68. The summed E-state index contributed by atoms with van der Waals surface area (Å²) in [6.45, 7) is 2.70. The van der Waals surface area contributed by atoms with E-state index < -0.39 is 0 Å². The Labute approximate surface area is 138 Å². The van der Waals surface area contributed by atoms with E-state index in [1.54, 1.807) is 25.1 Å². The first kappa shape index (κ1) is 15.9. The Balaban J connectivity index is 1.56. The molecule has 0 atom stereocenters. The molecule has 6 nitrogen and oxygen atoms in total. The van der Waals surface area contributed by atoms with Gasteiger partial charge in [-0.15, -0.1) is 0 Å². The summed E-state index contributed by atoms with van der Waals surface area (Å²) in [6.07, 6.45) is 2.11. The number of anilines is 1. The van der Waals surface area contributed by atoms with Gasteiger partial charge in [-0.05, 0) is 37.3 Å². The van der Waals surface area contributed by atoms with E-state index in [2.05, 4.69) is 20.3 Å². The summed E-state index contributed by atoms with van der Waals surface area (Å²) in [5.74, 6) is 0.754. The molecule has 0 saturated carbocycles. The lowest BCUT2D eigenvalue weighted by molar-refractivity contribution is 0.0526. The van der Waals surface area contributed by atoms with Crippen molar-refractivity contribution in [2.24, 2.45) is 0 Å². The number of aromatic amines is 1. The molecule has 0 unspecified atom stereocenters. The average Bonchev–Trinajstić information content (AvgIpc) is 2.97. The zero-order valence-corrected chi connectivity index (χ0v) is 13.2. The van der Waals surface area contributed by atoms with Crippen molar-refractivity contribution in [1.82, 2.24) is 15.0 Å². The van der Waals surface area contributed by atoms with Gasteiger partial charge in [0.2, 0.25) is 0 Å². The summed E-state index contributed by atoms with van der Waals surface area (Å²) >= 11 is 0. The van der Waals surface area contributed by atoms with Crippen LogP contribution in [-0.4, -0.2) is 34.1 Å². The molecule has 0 spiro atoms. The largest absolute Gasteiger partial charge is 0.462 e. The van der Waals surface area contributed by atoms with Crippen molar-refractivity contribution in [2.45, 2.75) is 13.3 Å². The van der Waals surface area contributed by atoms with Crippen LogP contribution in [0.5, 0.6) is 0 Å². The highest BCUT2D eigenvalue weighted by Crippen LogP contribution is 2.13. The zero-order valence-electron chi connectivity index (χ0n) is 13.2. The number of halogens is 1. The first-order chi connectivity index (χ1) is 11.7. The lowest BCUT2D eigenvalue weighted by Gasteiger charge is -2.05. The van der Waals surface area contributed by atoms with E-state index in [9.17, 15) is 9.18 Å². The molecular weight excluding hydrogens is 311 g/mol. The summed E-state index contributed by atoms with van der Waals surface area (Å²) in [5.41, 5.74) is 1.84. The van der Waals surface area contributed by atoms with Crippen molar-refractivity contribution in [2.75, 3.05) is 18.5 Å². The normalized spacial score (nSPS) is 10.8. The van der Waals surface area contributed by atoms with Crippen molar-refractivity contribution in [3.63, 3.8) is 0 Å². The van der Waals surface area contributed by atoms with Gasteiger partial charge in [0.25, 0.3) is 0 Å². The molecule has 7 heteroatoms. The summed E-state index contributed by atoms with van der Waals surface area (Å²) < 4.78 is 18.1. The van der Waals surface area contributed by atoms with Crippen LogP contribution in [0, 0.1) is 5.82 Å². The zero-order chi connectivity index (χ0) is 16.9. The number of carbonyl (C=O) groups is 1. The summed E-state index contributed by atoms with van der Waals surface area (Å²) in [5, 5.41) is 3.15. The maximum absolute atomic E-state index is 13.2. The minimum absolute atomic E-state index is 0.290. The molecule has 2 N–H and O–H groups in total. The van der Waals surface area contributed by atoms with Crippen LogP contribution in [0.25, 0.3) is 11.0 Å². The first-order valence-corrected chi connectivity index (χ1v) is 7.67. The van der Waals surface area contributed by atoms with E-state index in [-0.39, 0.29) is 11.8 Å². The van der Waals surface area contributed by atoms with Crippen LogP contribution < -0.4 is 5.32 Å². The van der Waals surface area contributed by atoms with Crippen LogP contribution >= 0.6 is 0 Å². The number of nitrogens with one attached hydrogen (secondary N) is 2. The summed E-state index contributed by atoms with van der Waals surface area (Å²) in [6, 6.07) is 7.85. The molecule has 1 aromatic carbocycles. The number of imidazole rings is 1. The quantitative estimate of drug-likeness (QED) is 0.680. The molecule has 3 rings (SSSR count). The highest BCUT2D eigenvalue weighted by Gasteiger charge is 2.07. The fraction of sp³-hybridized carbons (Fsp3) is 0.235. The Morgan fingerprint density at radius 1 is 1.33 bits per heavy atom. The fourth-order valence-electron chi connectivity index (χ4n) is 2.30. The van der Waals surface area contributed by atoms with Crippen LogP contribution in [-0.2, 0) is 11.2 Å². The van der Waals surface area contributed by atoms with Gasteiger partial charge in [0.1, 0.15) is 17.5 Å². The number of pyridine rings is 1. The number of fused-ring (bicyclic) bond motifs is 1. The van der Waals surface area contributed by atoms with Crippen LogP contribution in [0.15, 0.2) is 36.5 Å². The highest BCUT2D eigenvalue weighted by atomic mass is 19.1. The van der Waals surface area contributed by atoms with Gasteiger partial charge in [0.05, 0.1) is 23.2 Å². The molecule has 2 aromatic heterocycles. The van der Waals surface area contributed by atoms with Gasteiger partial charge >= 0.3 is 5.97 Å². The molecule has 0 amide bonds. The standard InChI is InChI=1S/C17H17FN4O2/c1-2-24-17(23)11-3-6-15(20-10-11)19-8-7-16-21-13-5-4-12(18)9-14(13)22-16/h3-6,9-10H,2,7-8H2,1H3,(H,19,20)(H,21,22). The van der Waals surface area contributed by atoms with Crippen molar-refractivity contribution in [1.29, 1.82) is 0 Å². The maximum Gasteiger partial charge on any atom is 0.339 e. The van der Waals surface area contributed by atoms with Crippen LogP contribution in [0.3, 0.4) is 0 Å². The predicted molar refractivity (Wildman–Crippen MR) is 88.4 cm³/mol. The van der Waals surface area contributed by atoms with Crippen molar-refractivity contribution < 1.29 is 13.9 Å². The molecule has 3 aromatic rings. The smallest absolute Gasteiger partial charge is 0.339 e. The summed E-state index contributed by atoms with van der Waals surface area (Å²) in [7, 11) is 0. The van der Waals surface area contributed by atoms with Crippen LogP contribution in [0.4, 0.5) is 10.2 Å². The monoisotopic (exact) mass is 328 g/mol. The minimum atomic E-state index is -0.383. The molecule has 0 saturated heterocycles. The third-order valence-corrected chi connectivity index (χ3v) is 3.44. The van der Waals surface area contributed by atoms with Crippen molar-refractivity contribution in [3.8, 4) is 0 Å². The van der Waals surface area contributed by atoms with E-state index in [1.165, 1.54) is 18.3 Å². The molecule has 24 heavy (non-hydrogen) atoms. The summed E-state index contributed by atoms with van der Waals surface area (Å²) in [4.78, 5) is 23.2. The van der Waals surface area contributed by atoms with Gasteiger partial charge in [-0.1, -0.05) is 0 Å². The van der Waals surface area contributed by atoms with E-state index in [1.807, 2.05) is 0 Å². The molecule has 124 valence electrons. The van der Waals surface area contributed by atoms with Gasteiger partial charge in [-0.25, -0.2) is 19.2 Å². The Hall–Kier alpha value is -2.96. The second kappa shape index (κ2) is 7.08. The number of hydrogen-bond donors (Lipinski definition) is 2. The average molecular weight is 328 g/mol. The van der Waals surface area contributed by atoms with Crippen LogP contribution in [0.2, 0.25) is 0 Å². The van der Waals surface area contributed by atoms with E-state index in [0.29, 0.717) is 36.5 Å². The molecular formula is C17H17FN4O2. The van der Waals surface area contributed by atoms with Gasteiger partial charge in [0, 0.05) is 19.2 Å². The van der Waals surface area contributed by atoms with Gasteiger partial charge in [0.15, 0.2) is 0 Å². The molecule has 0 radical (unpaired) electrons. The number of nitrogens with zero attached hydrogens (tertiary/aromatic N) is 2. The number of carbonyl (C=O) groups excluding carboxylic acids is 1. The molecule has 0 aliphatic carbocycles. The Kier molecular flexibility index (Phi) is 4.69. The second-order valence-electron chi connectivity index (χ2n) is 5.17. The lowest BCUT2D eigenvalue weighted by Crippen LogP contribution is -2.09. The SMILES string of the molecule is CCOC(=O)c1ccc(NCCc2nc3ccc(F)cc3[nH]2)nc1. The highest BCUT2D eigenvalue weighted by molar-refractivity contribution is 5.89. The van der Waals surface area contributed by atoms with Gasteiger partial charge in [-0.2, -0.15) is 0 Å². The minimum Gasteiger partial charge on any atom is -0.462 e. The Morgan fingerprint density at radius 3 is 2.96 bits per heavy atom. The molecule has 2 heterocycles. The van der Waals surface area contributed by atoms with E-state index in [4.69, 9.17) is 4.74 Å². The Morgan fingerprint density at radius 2 is 2.21 bits per heavy atom. The number of rotatable bonds is 6. The maximum atomic E-state index is 13.2. The second-order valence-corrected chi connectivity index (χ2v) is 5.17. The number of esters is 1. The first-order valence-electron chi connectivity index (χ1n) is 7.67. The van der Waals surface area contributed by atoms with E-state index in [0.717, 1.165) is 11.3 Å². The van der Waals surface area contributed by atoms with Crippen molar-refractivity contribution in [3.05, 3.63) is 53.7 Å². The van der Waals surface area contributed by atoms with Gasteiger partial charge in [-0.3, -0.25) is 0 Å². The number of ether oxygens (including phenoxy) is 1. The number of H-pyrrole nitrogens is 1. The molecule has 0 fully saturated rings. The van der Waals surface area contributed by atoms with E-state index >= 15 is 0 Å². The lowest BCUT2D eigenvalue weighted by atomic mass is 10.3. The molecule has 0 bridgehead atoms. The van der Waals surface area contributed by atoms with Crippen molar-refractivity contribution >= 4 is 22.8 Å². The topological polar surface area (TPSA) is 79.9 Å². The predicted octanol–water partition coefficient (Wildman–Crippen LogP) is 2.93. The fourth-order valence-corrected chi connectivity index (χ4v) is 2.30. The number of benzene rings is 1. The number of hydrogen-bond acceptors (Lipinski definition) is 5.